The first-order valence-electron chi connectivity index (χ1n) is 28.2. The number of piperazine rings is 1. The minimum Gasteiger partial charge on any atom is -0.508 e. The van der Waals surface area contributed by atoms with Gasteiger partial charge in [0.15, 0.2) is 5.82 Å². The molecule has 11 rings (SSSR count). The SMILES string of the molecule is C#Cc1c(F)ccc2cc(O)cc(-c3ncc4c(N5CC6CCC(C5)N6)nc(OC[C@@H]5CCCN5CCC[C@H]5CCC(=O)N5[C@H](C(=O)N5C[C@H](O)C[C@H]5C(=O)N[C@@H](C)c5ccc(-c6c(F)cccc6Cl)cc5)C(C)(C)C)nc4c3F)c12. The molecule has 424 valence electrons. The van der Waals surface area contributed by atoms with Crippen LogP contribution in [-0.2, 0) is 14.4 Å². The van der Waals surface area contributed by atoms with Crippen molar-refractivity contribution in [3.05, 3.63) is 107 Å². The number of phenols is 1. The fourth-order valence-electron chi connectivity index (χ4n) is 13.2. The number of hydrogen-bond donors (Lipinski definition) is 4. The molecule has 6 aromatic rings. The molecule has 3 amide bonds. The Morgan fingerprint density at radius 3 is 2.47 bits per heavy atom. The number of fused-ring (bicyclic) bond motifs is 4. The number of halogens is 4. The van der Waals surface area contributed by atoms with Gasteiger partial charge in [-0.3, -0.25) is 24.3 Å². The molecular formula is C62H67ClF3N9O6. The molecule has 2 unspecified atom stereocenters. The van der Waals surface area contributed by atoms with Gasteiger partial charge in [-0.2, -0.15) is 9.97 Å². The van der Waals surface area contributed by atoms with Crippen LogP contribution in [0.1, 0.15) is 103 Å². The van der Waals surface area contributed by atoms with Crippen molar-refractivity contribution in [3.63, 3.8) is 0 Å². The summed E-state index contributed by atoms with van der Waals surface area (Å²) < 4.78 is 53.6. The van der Waals surface area contributed by atoms with E-state index < -0.39 is 53.0 Å². The Bertz CT molecular complexity index is 3440. The second kappa shape index (κ2) is 22.7. The van der Waals surface area contributed by atoms with Crippen LogP contribution in [0.2, 0.25) is 5.02 Å². The third-order valence-electron chi connectivity index (χ3n) is 17.1. The lowest BCUT2D eigenvalue weighted by atomic mass is 9.83. The van der Waals surface area contributed by atoms with Gasteiger partial charge in [-0.25, -0.2) is 13.2 Å². The van der Waals surface area contributed by atoms with Crippen LogP contribution in [0.3, 0.4) is 0 Å². The molecule has 8 atom stereocenters. The number of ether oxygens (including phenoxy) is 1. The Hall–Kier alpha value is -7.04. The Balaban J connectivity index is 0.773. The van der Waals surface area contributed by atoms with Crippen LogP contribution in [0.5, 0.6) is 11.8 Å². The molecule has 15 nitrogen and oxygen atoms in total. The van der Waals surface area contributed by atoms with Crippen LogP contribution in [0, 0.1) is 35.2 Å². The van der Waals surface area contributed by atoms with Crippen LogP contribution in [0.15, 0.2) is 72.9 Å². The number of rotatable bonds is 15. The first-order valence-corrected chi connectivity index (χ1v) is 28.5. The van der Waals surface area contributed by atoms with Gasteiger partial charge in [0, 0.05) is 79.4 Å². The molecule has 5 fully saturated rings. The molecule has 4 aromatic carbocycles. The molecule has 19 heteroatoms. The van der Waals surface area contributed by atoms with Crippen molar-refractivity contribution in [3.8, 4) is 46.5 Å². The molecular weight excluding hydrogens is 1060 g/mol. The number of aliphatic hydroxyl groups excluding tert-OH is 1. The summed E-state index contributed by atoms with van der Waals surface area (Å²) in [6.07, 6.45) is 12.4. The average Bonchev–Trinajstić information content (AvgIpc) is 4.36. The van der Waals surface area contributed by atoms with Crippen molar-refractivity contribution in [2.24, 2.45) is 5.41 Å². The largest absolute Gasteiger partial charge is 0.508 e. The number of aromatic hydroxyl groups is 1. The van der Waals surface area contributed by atoms with Gasteiger partial charge in [0.1, 0.15) is 53.1 Å². The maximum atomic E-state index is 17.3. The normalized spacial score (nSPS) is 22.9. The van der Waals surface area contributed by atoms with E-state index in [-0.39, 0.29) is 112 Å². The lowest BCUT2D eigenvalue weighted by Gasteiger charge is -2.43. The summed E-state index contributed by atoms with van der Waals surface area (Å²) in [5.74, 6) is -0.115. The second-order valence-corrected chi connectivity index (χ2v) is 24.0. The van der Waals surface area contributed by atoms with Crippen LogP contribution in [0.4, 0.5) is 19.0 Å². The highest BCUT2D eigenvalue weighted by atomic mass is 35.5. The number of phenolic OH excluding ortho intramolecular Hbond substituents is 1. The standard InChI is InChI=1S/C62H67ClF3N9O6/c1-6-44-48(64)22-18-37-26-42(76)27-45(52(37)44)55-54(66)56-46(29-67-55)58(73-30-38-19-20-39(31-73)69-38)71-61(70-56)81-33-41-11-9-25-72(41)24-8-10-40-21-23-51(78)75(40)57(62(3,4)5)60(80)74-32-43(77)28-50(74)59(79)68-34(2)35-14-16-36(17-15-35)53-47(63)12-7-13-49(53)65/h1,7,12-18,22,26-27,29,34,38-41,43,50,57,69,76-77H,8-11,19-21,23-25,28,30-33H2,2-5H3,(H,68,79)/t34-,38?,39?,40-,41-,43+,50-,57+/m0/s1. The Labute approximate surface area is 474 Å². The number of aromatic nitrogens is 3. The van der Waals surface area contributed by atoms with Crippen molar-refractivity contribution in [2.45, 2.75) is 134 Å². The Kier molecular flexibility index (Phi) is 15.7. The number of pyridine rings is 1. The number of anilines is 1. The van der Waals surface area contributed by atoms with E-state index in [2.05, 4.69) is 36.3 Å². The van der Waals surface area contributed by atoms with Crippen molar-refractivity contribution in [1.29, 1.82) is 0 Å². The molecule has 5 aliphatic heterocycles. The Morgan fingerprint density at radius 2 is 1.74 bits per heavy atom. The summed E-state index contributed by atoms with van der Waals surface area (Å²) in [4.78, 5) is 64.8. The van der Waals surface area contributed by atoms with Gasteiger partial charge in [0.2, 0.25) is 17.7 Å². The maximum absolute atomic E-state index is 17.3. The maximum Gasteiger partial charge on any atom is 0.319 e. The predicted octanol–water partition coefficient (Wildman–Crippen LogP) is 9.08. The molecule has 2 bridgehead atoms. The smallest absolute Gasteiger partial charge is 0.319 e. The Morgan fingerprint density at radius 1 is 0.975 bits per heavy atom. The molecule has 81 heavy (non-hydrogen) atoms. The number of nitrogens with one attached hydrogen (secondary N) is 2. The number of hydrogen-bond acceptors (Lipinski definition) is 12. The summed E-state index contributed by atoms with van der Waals surface area (Å²) in [5.41, 5.74) is 0.742. The summed E-state index contributed by atoms with van der Waals surface area (Å²) >= 11 is 6.32. The average molecular weight is 1130 g/mol. The number of likely N-dealkylation sites (tertiary alicyclic amines) is 3. The van der Waals surface area contributed by atoms with E-state index in [0.29, 0.717) is 61.1 Å². The molecule has 7 heterocycles. The molecule has 4 N–H and O–H groups in total. The van der Waals surface area contributed by atoms with Crippen LogP contribution in [-0.4, -0.2) is 139 Å². The number of terminal acetylenes is 1. The zero-order valence-electron chi connectivity index (χ0n) is 45.9. The molecule has 2 aromatic heterocycles. The first-order chi connectivity index (χ1) is 38.8. The summed E-state index contributed by atoms with van der Waals surface area (Å²) in [6.45, 7) is 10.5. The van der Waals surface area contributed by atoms with Crippen molar-refractivity contribution >= 4 is 56.8 Å². The number of aliphatic hydroxyl groups is 1. The number of benzene rings is 4. The first kappa shape index (κ1) is 55.8. The van der Waals surface area contributed by atoms with Gasteiger partial charge < -0.3 is 40.3 Å². The van der Waals surface area contributed by atoms with Gasteiger partial charge in [0.05, 0.1) is 28.1 Å². The van der Waals surface area contributed by atoms with E-state index in [1.807, 2.05) is 27.7 Å². The molecule has 0 radical (unpaired) electrons. The van der Waals surface area contributed by atoms with Gasteiger partial charge in [-0.05, 0) is 117 Å². The quantitative estimate of drug-likeness (QED) is 0.0719. The monoisotopic (exact) mass is 1130 g/mol. The molecule has 5 saturated heterocycles. The van der Waals surface area contributed by atoms with Crippen molar-refractivity contribution < 1.29 is 42.5 Å². The van der Waals surface area contributed by atoms with E-state index in [0.717, 1.165) is 37.8 Å². The van der Waals surface area contributed by atoms with Crippen molar-refractivity contribution in [1.82, 2.24) is 40.3 Å². The highest BCUT2D eigenvalue weighted by Crippen LogP contribution is 2.41. The number of carbonyl (C=O) groups is 3. The second-order valence-electron chi connectivity index (χ2n) is 23.6. The van der Waals surface area contributed by atoms with Gasteiger partial charge >= 0.3 is 6.01 Å². The van der Waals surface area contributed by atoms with Gasteiger partial charge in [-0.15, -0.1) is 6.42 Å². The fraction of sp³-hybridized carbons (Fsp3) is 0.452. The highest BCUT2D eigenvalue weighted by Gasteiger charge is 2.50. The topological polar surface area (TPSA) is 177 Å². The molecule has 0 spiro atoms. The van der Waals surface area contributed by atoms with Crippen molar-refractivity contribution in [2.75, 3.05) is 44.2 Å². The van der Waals surface area contributed by atoms with E-state index in [9.17, 15) is 29.0 Å². The van der Waals surface area contributed by atoms with E-state index in [4.69, 9.17) is 27.7 Å². The van der Waals surface area contributed by atoms with E-state index in [1.165, 1.54) is 41.4 Å². The van der Waals surface area contributed by atoms with Gasteiger partial charge in [-0.1, -0.05) is 74.7 Å². The third kappa shape index (κ3) is 11.1. The lowest BCUT2D eigenvalue weighted by Crippen LogP contribution is -2.59. The van der Waals surface area contributed by atoms with Gasteiger partial charge in [0.25, 0.3) is 0 Å². The number of β-amino-alcohol motifs (C(OH)–C–C–N with tert-alkyl or cyclic N) is 1. The summed E-state index contributed by atoms with van der Waals surface area (Å²) in [7, 11) is 0. The van der Waals surface area contributed by atoms with E-state index >= 15 is 8.78 Å². The highest BCUT2D eigenvalue weighted by molar-refractivity contribution is 6.33. The minimum absolute atomic E-state index is 0.00103. The minimum atomic E-state index is -0.973. The zero-order valence-corrected chi connectivity index (χ0v) is 46.7. The number of amides is 3. The molecule has 5 aliphatic rings. The van der Waals surface area contributed by atoms with Crippen LogP contribution in [0.25, 0.3) is 44.1 Å². The predicted molar refractivity (Wildman–Crippen MR) is 304 cm³/mol. The zero-order chi connectivity index (χ0) is 57.0. The molecule has 0 aliphatic carbocycles. The lowest BCUT2D eigenvalue weighted by molar-refractivity contribution is -0.152. The summed E-state index contributed by atoms with van der Waals surface area (Å²) in [6, 6.07) is 14.9. The van der Waals surface area contributed by atoms with Crippen LogP contribution < -0.4 is 20.3 Å². The fourth-order valence-corrected chi connectivity index (χ4v) is 13.5. The number of nitrogens with zero attached hydrogens (tertiary/aromatic N) is 7. The van der Waals surface area contributed by atoms with E-state index in [1.54, 1.807) is 41.3 Å². The third-order valence-corrected chi connectivity index (χ3v) is 17.4. The van der Waals surface area contributed by atoms with Crippen LogP contribution >= 0.6 is 11.6 Å². The number of carbonyl (C=O) groups excluding carboxylic acids is 3. The summed E-state index contributed by atoms with van der Waals surface area (Å²) in [5, 5.41) is 29.7. The molecule has 0 saturated carbocycles.